The van der Waals surface area contributed by atoms with Crippen LogP contribution in [0.5, 0.6) is 0 Å². The van der Waals surface area contributed by atoms with Gasteiger partial charge in [-0.25, -0.2) is 0 Å². The highest BCUT2D eigenvalue weighted by molar-refractivity contribution is 5.78. The minimum Gasteiger partial charge on any atom is -0.481 e. The first-order valence-electron chi connectivity index (χ1n) is 9.33. The Kier molecular flexibility index (Phi) is 6.33. The maximum atomic E-state index is 11.6. The Morgan fingerprint density at radius 3 is 2.46 bits per heavy atom. The summed E-state index contributed by atoms with van der Waals surface area (Å²) in [7, 11) is 0. The molecule has 142 valence electrons. The van der Waals surface area contributed by atoms with Crippen molar-refractivity contribution in [2.45, 2.75) is 32.1 Å². The van der Waals surface area contributed by atoms with Gasteiger partial charge in [-0.1, -0.05) is 48.5 Å². The van der Waals surface area contributed by atoms with Crippen molar-refractivity contribution >= 4 is 12.3 Å². The maximum Gasteiger partial charge on any atom is 0.307 e. The Morgan fingerprint density at radius 2 is 1.79 bits per heavy atom. The summed E-state index contributed by atoms with van der Waals surface area (Å²) in [4.78, 5) is 26.7. The number of aliphatic carboxylic acids is 1. The van der Waals surface area contributed by atoms with Crippen molar-refractivity contribution in [2.75, 3.05) is 0 Å². The average Bonchev–Trinajstić information content (AvgIpc) is 2.69. The second kappa shape index (κ2) is 9.09. The molecule has 0 saturated heterocycles. The molecule has 0 aliphatic carbocycles. The summed E-state index contributed by atoms with van der Waals surface area (Å²) < 4.78 is 0. The molecule has 3 rings (SSSR count). The molecule has 0 fully saturated rings. The first-order chi connectivity index (χ1) is 13.6. The van der Waals surface area contributed by atoms with E-state index >= 15 is 0 Å². The summed E-state index contributed by atoms with van der Waals surface area (Å²) in [5.74, 6) is -0.742. The number of carbonyl (C=O) groups is 2. The van der Waals surface area contributed by atoms with E-state index in [1.807, 2.05) is 67.7 Å². The molecule has 1 heterocycles. The topological polar surface area (TPSA) is 67.3 Å². The standard InChI is InChI=1S/C24H23NO3/c1-17-14-20(12-13-25-17)23(22-5-3-2-4-21(22)16-26)11-10-18-6-8-19(9-7-18)15-24(27)28/h2-9,12-14,16,23H,10-11,15H2,1H3,(H,27,28)/t23-/m1/s1. The molecular weight excluding hydrogens is 350 g/mol. The first kappa shape index (κ1) is 19.5. The SMILES string of the molecule is Cc1cc([C@@H](CCc2ccc(CC(=O)O)cc2)c2ccccc2C=O)ccn1. The second-order valence-electron chi connectivity index (χ2n) is 6.96. The van der Waals surface area contributed by atoms with Crippen LogP contribution >= 0.6 is 0 Å². The van der Waals surface area contributed by atoms with Crippen LogP contribution in [0.3, 0.4) is 0 Å². The number of nitrogens with zero attached hydrogens (tertiary/aromatic N) is 1. The van der Waals surface area contributed by atoms with Gasteiger partial charge < -0.3 is 5.11 Å². The van der Waals surface area contributed by atoms with Crippen molar-refractivity contribution in [1.82, 2.24) is 4.98 Å². The number of carbonyl (C=O) groups excluding carboxylic acids is 1. The van der Waals surface area contributed by atoms with Crippen LogP contribution in [0.4, 0.5) is 0 Å². The molecule has 4 heteroatoms. The first-order valence-corrected chi connectivity index (χ1v) is 9.33. The van der Waals surface area contributed by atoms with Gasteiger partial charge in [-0.15, -0.1) is 0 Å². The largest absolute Gasteiger partial charge is 0.481 e. The van der Waals surface area contributed by atoms with Crippen LogP contribution in [0.15, 0.2) is 66.9 Å². The lowest BCUT2D eigenvalue weighted by molar-refractivity contribution is -0.136. The van der Waals surface area contributed by atoms with Crippen LogP contribution in [0.1, 0.15) is 50.6 Å². The van der Waals surface area contributed by atoms with E-state index in [4.69, 9.17) is 5.11 Å². The van der Waals surface area contributed by atoms with Crippen LogP contribution in [0.25, 0.3) is 0 Å². The number of carboxylic acids is 1. The van der Waals surface area contributed by atoms with E-state index in [9.17, 15) is 9.59 Å². The van der Waals surface area contributed by atoms with E-state index in [0.29, 0.717) is 5.56 Å². The summed E-state index contributed by atoms with van der Waals surface area (Å²) in [6.07, 6.45) is 4.42. The summed E-state index contributed by atoms with van der Waals surface area (Å²) in [6.45, 7) is 1.97. The van der Waals surface area contributed by atoms with Crippen molar-refractivity contribution < 1.29 is 14.7 Å². The number of rotatable bonds is 8. The van der Waals surface area contributed by atoms with Crippen molar-refractivity contribution in [2.24, 2.45) is 0 Å². The maximum absolute atomic E-state index is 11.6. The predicted octanol–water partition coefficient (Wildman–Crippen LogP) is 4.59. The zero-order valence-corrected chi connectivity index (χ0v) is 15.8. The molecule has 0 aliphatic rings. The predicted molar refractivity (Wildman–Crippen MR) is 109 cm³/mol. The fourth-order valence-electron chi connectivity index (χ4n) is 3.53. The van der Waals surface area contributed by atoms with Crippen LogP contribution < -0.4 is 0 Å². The van der Waals surface area contributed by atoms with Gasteiger partial charge in [-0.2, -0.15) is 0 Å². The Hall–Kier alpha value is -3.27. The van der Waals surface area contributed by atoms with E-state index in [1.165, 1.54) is 0 Å². The second-order valence-corrected chi connectivity index (χ2v) is 6.96. The van der Waals surface area contributed by atoms with Gasteiger partial charge in [-0.3, -0.25) is 14.6 Å². The molecule has 0 spiro atoms. The van der Waals surface area contributed by atoms with Gasteiger partial charge in [0.05, 0.1) is 6.42 Å². The number of benzene rings is 2. The Bertz CT molecular complexity index is 964. The molecule has 28 heavy (non-hydrogen) atoms. The molecule has 0 saturated carbocycles. The lowest BCUT2D eigenvalue weighted by Crippen LogP contribution is -2.07. The van der Waals surface area contributed by atoms with Crippen LogP contribution in [0.2, 0.25) is 0 Å². The Morgan fingerprint density at radius 1 is 1.07 bits per heavy atom. The minimum atomic E-state index is -0.827. The molecule has 4 nitrogen and oxygen atoms in total. The number of pyridine rings is 1. The quantitative estimate of drug-likeness (QED) is 0.586. The summed E-state index contributed by atoms with van der Waals surface area (Å²) >= 11 is 0. The fraction of sp³-hybridized carbons (Fsp3) is 0.208. The average molecular weight is 373 g/mol. The molecule has 1 N–H and O–H groups in total. The number of aromatic nitrogens is 1. The zero-order chi connectivity index (χ0) is 19.9. The molecule has 0 aliphatic heterocycles. The molecule has 0 radical (unpaired) electrons. The van der Waals surface area contributed by atoms with Gasteiger partial charge in [-0.05, 0) is 54.2 Å². The fourth-order valence-corrected chi connectivity index (χ4v) is 3.53. The molecular formula is C24H23NO3. The number of aryl methyl sites for hydroxylation is 2. The van der Waals surface area contributed by atoms with Crippen molar-refractivity contribution in [3.63, 3.8) is 0 Å². The van der Waals surface area contributed by atoms with Gasteiger partial charge in [0.2, 0.25) is 0 Å². The lowest BCUT2D eigenvalue weighted by atomic mass is 9.84. The number of aldehydes is 1. The Balaban J connectivity index is 1.85. The van der Waals surface area contributed by atoms with E-state index in [1.54, 1.807) is 0 Å². The summed E-state index contributed by atoms with van der Waals surface area (Å²) in [5, 5.41) is 8.90. The normalized spacial score (nSPS) is 11.8. The van der Waals surface area contributed by atoms with Crippen LogP contribution in [-0.2, 0) is 17.6 Å². The summed E-state index contributed by atoms with van der Waals surface area (Å²) in [6, 6.07) is 19.5. The number of carboxylic acid groups (broad SMARTS) is 1. The Labute approximate surface area is 164 Å². The third kappa shape index (κ3) is 4.92. The van der Waals surface area contributed by atoms with Gasteiger partial charge in [0.15, 0.2) is 0 Å². The molecule has 0 amide bonds. The van der Waals surface area contributed by atoms with Crippen molar-refractivity contribution in [3.05, 3.63) is 100 Å². The molecule has 1 atom stereocenters. The lowest BCUT2D eigenvalue weighted by Gasteiger charge is -2.20. The highest BCUT2D eigenvalue weighted by atomic mass is 16.4. The molecule has 0 unspecified atom stereocenters. The van der Waals surface area contributed by atoms with Gasteiger partial charge in [0.1, 0.15) is 6.29 Å². The molecule has 2 aromatic carbocycles. The zero-order valence-electron chi connectivity index (χ0n) is 15.8. The number of hydrogen-bond acceptors (Lipinski definition) is 3. The van der Waals surface area contributed by atoms with E-state index < -0.39 is 5.97 Å². The molecule has 3 aromatic rings. The third-order valence-electron chi connectivity index (χ3n) is 4.92. The van der Waals surface area contributed by atoms with E-state index in [-0.39, 0.29) is 12.3 Å². The molecule has 1 aromatic heterocycles. The van der Waals surface area contributed by atoms with Gasteiger partial charge in [0, 0.05) is 23.4 Å². The highest BCUT2D eigenvalue weighted by Crippen LogP contribution is 2.31. The third-order valence-corrected chi connectivity index (χ3v) is 4.92. The van der Waals surface area contributed by atoms with Crippen LogP contribution in [-0.4, -0.2) is 22.3 Å². The molecule has 0 bridgehead atoms. The van der Waals surface area contributed by atoms with E-state index in [2.05, 4.69) is 11.1 Å². The van der Waals surface area contributed by atoms with Gasteiger partial charge >= 0.3 is 5.97 Å². The highest BCUT2D eigenvalue weighted by Gasteiger charge is 2.18. The monoisotopic (exact) mass is 373 g/mol. The van der Waals surface area contributed by atoms with Crippen molar-refractivity contribution in [1.29, 1.82) is 0 Å². The number of hydrogen-bond donors (Lipinski definition) is 1. The van der Waals surface area contributed by atoms with Gasteiger partial charge in [0.25, 0.3) is 0 Å². The summed E-state index contributed by atoms with van der Waals surface area (Å²) in [5.41, 5.74) is 5.76. The van der Waals surface area contributed by atoms with E-state index in [0.717, 1.165) is 47.1 Å². The van der Waals surface area contributed by atoms with Crippen LogP contribution in [0, 0.1) is 6.92 Å². The van der Waals surface area contributed by atoms with Crippen molar-refractivity contribution in [3.8, 4) is 0 Å². The minimum absolute atomic E-state index is 0.0336. The smallest absolute Gasteiger partial charge is 0.307 e.